The van der Waals surface area contributed by atoms with E-state index in [1.165, 1.54) is 5.69 Å². The number of anilines is 1. The molecule has 0 radical (unpaired) electrons. The van der Waals surface area contributed by atoms with Crippen LogP contribution in [0.4, 0.5) is 5.82 Å². The Bertz CT molecular complexity index is 718. The zero-order chi connectivity index (χ0) is 18.9. The Kier molecular flexibility index (Phi) is 7.44. The number of pyridine rings is 1. The molecule has 0 aliphatic rings. The normalized spacial score (nSPS) is 11.5. The first kappa shape index (κ1) is 19.8. The zero-order valence-corrected chi connectivity index (χ0v) is 16.6. The van der Waals surface area contributed by atoms with Crippen molar-refractivity contribution in [2.45, 2.75) is 40.3 Å². The van der Waals surface area contributed by atoms with Crippen molar-refractivity contribution in [1.82, 2.24) is 25.4 Å². The van der Waals surface area contributed by atoms with Crippen molar-refractivity contribution in [1.29, 1.82) is 0 Å². The monoisotopic (exact) mass is 357 g/mol. The molecule has 0 bridgehead atoms. The maximum absolute atomic E-state index is 4.70. The number of hydrogen-bond acceptors (Lipinski definition) is 4. The van der Waals surface area contributed by atoms with Crippen LogP contribution in [0.1, 0.15) is 30.3 Å². The maximum Gasteiger partial charge on any atom is 0.191 e. The van der Waals surface area contributed by atoms with Gasteiger partial charge < -0.3 is 15.5 Å². The molecule has 2 N–H and O–H groups in total. The molecule has 0 aliphatic carbocycles. The van der Waals surface area contributed by atoms with Gasteiger partial charge in [-0.2, -0.15) is 5.10 Å². The first-order valence-electron chi connectivity index (χ1n) is 9.15. The van der Waals surface area contributed by atoms with Crippen molar-refractivity contribution in [3.8, 4) is 0 Å². The Morgan fingerprint density at radius 3 is 2.73 bits per heavy atom. The van der Waals surface area contributed by atoms with E-state index in [4.69, 9.17) is 4.99 Å². The number of aliphatic imine (C=N–C) groups is 1. The van der Waals surface area contributed by atoms with Crippen LogP contribution >= 0.6 is 0 Å². The quantitative estimate of drug-likeness (QED) is 0.430. The molecule has 0 saturated heterocycles. The van der Waals surface area contributed by atoms with E-state index in [0.717, 1.165) is 49.1 Å². The fourth-order valence-electron chi connectivity index (χ4n) is 2.80. The summed E-state index contributed by atoms with van der Waals surface area (Å²) in [5.41, 5.74) is 3.38. The summed E-state index contributed by atoms with van der Waals surface area (Å²) < 4.78 is 2.06. The van der Waals surface area contributed by atoms with Gasteiger partial charge in [-0.3, -0.25) is 4.68 Å². The number of rotatable bonds is 8. The number of aryl methyl sites for hydroxylation is 3. The molecule has 142 valence electrons. The van der Waals surface area contributed by atoms with Gasteiger partial charge in [-0.05, 0) is 39.3 Å². The van der Waals surface area contributed by atoms with Crippen molar-refractivity contribution in [2.75, 3.05) is 32.1 Å². The highest BCUT2D eigenvalue weighted by Gasteiger charge is 2.06. The minimum atomic E-state index is 0.591. The highest BCUT2D eigenvalue weighted by atomic mass is 15.3. The van der Waals surface area contributed by atoms with Gasteiger partial charge in [0.15, 0.2) is 5.96 Å². The van der Waals surface area contributed by atoms with Crippen LogP contribution in [0.2, 0.25) is 0 Å². The van der Waals surface area contributed by atoms with Gasteiger partial charge in [0.1, 0.15) is 5.82 Å². The first-order valence-corrected chi connectivity index (χ1v) is 9.15. The highest BCUT2D eigenvalue weighted by Crippen LogP contribution is 2.15. The Labute approximate surface area is 156 Å². The van der Waals surface area contributed by atoms with Gasteiger partial charge in [-0.1, -0.05) is 6.07 Å². The predicted molar refractivity (Wildman–Crippen MR) is 108 cm³/mol. The van der Waals surface area contributed by atoms with Crippen molar-refractivity contribution in [3.63, 3.8) is 0 Å². The van der Waals surface area contributed by atoms with Gasteiger partial charge in [0.2, 0.25) is 0 Å². The predicted octanol–water partition coefficient (Wildman–Crippen LogP) is 2.11. The number of aromatic nitrogens is 3. The van der Waals surface area contributed by atoms with Gasteiger partial charge in [-0.15, -0.1) is 0 Å². The summed E-state index contributed by atoms with van der Waals surface area (Å²) in [4.78, 5) is 11.1. The molecule has 26 heavy (non-hydrogen) atoms. The van der Waals surface area contributed by atoms with Gasteiger partial charge >= 0.3 is 0 Å². The standard InChI is InChI=1S/C19H31N7/c1-6-20-19(22-11-8-12-26-16(3)13-15(2)24-26)23-14-17-9-7-10-21-18(17)25(4)5/h7,9-10,13H,6,8,11-12,14H2,1-5H3,(H2,20,22,23). The van der Waals surface area contributed by atoms with E-state index in [1.807, 2.05) is 38.2 Å². The molecular formula is C19H31N7. The average molecular weight is 358 g/mol. The van der Waals surface area contributed by atoms with Gasteiger partial charge in [0.05, 0.1) is 12.2 Å². The summed E-state index contributed by atoms with van der Waals surface area (Å²) in [6.07, 6.45) is 2.80. The van der Waals surface area contributed by atoms with Crippen LogP contribution in [0.3, 0.4) is 0 Å². The van der Waals surface area contributed by atoms with Gasteiger partial charge in [0.25, 0.3) is 0 Å². The molecule has 0 amide bonds. The number of nitrogens with one attached hydrogen (secondary N) is 2. The van der Waals surface area contributed by atoms with Crippen LogP contribution in [0.5, 0.6) is 0 Å². The van der Waals surface area contributed by atoms with Crippen LogP contribution in [0.15, 0.2) is 29.4 Å². The number of guanidine groups is 1. The second kappa shape index (κ2) is 9.79. The van der Waals surface area contributed by atoms with Crippen LogP contribution in [-0.2, 0) is 13.1 Å². The minimum absolute atomic E-state index is 0.591. The van der Waals surface area contributed by atoms with Crippen LogP contribution in [0, 0.1) is 13.8 Å². The third-order valence-electron chi connectivity index (χ3n) is 3.99. The third-order valence-corrected chi connectivity index (χ3v) is 3.99. The van der Waals surface area contributed by atoms with E-state index in [9.17, 15) is 0 Å². The van der Waals surface area contributed by atoms with Crippen molar-refractivity contribution in [2.24, 2.45) is 4.99 Å². The van der Waals surface area contributed by atoms with E-state index in [1.54, 1.807) is 0 Å². The molecule has 0 aliphatic heterocycles. The van der Waals surface area contributed by atoms with Crippen molar-refractivity contribution in [3.05, 3.63) is 41.3 Å². The molecule has 2 aromatic rings. The van der Waals surface area contributed by atoms with E-state index in [2.05, 4.69) is 51.4 Å². The molecule has 0 atom stereocenters. The molecule has 0 spiro atoms. The van der Waals surface area contributed by atoms with Gasteiger partial charge in [0, 0.05) is 51.2 Å². The maximum atomic E-state index is 4.70. The Morgan fingerprint density at radius 2 is 2.08 bits per heavy atom. The lowest BCUT2D eigenvalue weighted by Gasteiger charge is -2.15. The molecule has 0 unspecified atom stereocenters. The largest absolute Gasteiger partial charge is 0.362 e. The lowest BCUT2D eigenvalue weighted by molar-refractivity contribution is 0.555. The van der Waals surface area contributed by atoms with Crippen molar-refractivity contribution < 1.29 is 0 Å². The van der Waals surface area contributed by atoms with E-state index < -0.39 is 0 Å². The zero-order valence-electron chi connectivity index (χ0n) is 16.6. The summed E-state index contributed by atoms with van der Waals surface area (Å²) in [6, 6.07) is 6.13. The van der Waals surface area contributed by atoms with Crippen LogP contribution in [0.25, 0.3) is 0 Å². The fraction of sp³-hybridized carbons (Fsp3) is 0.526. The molecular weight excluding hydrogens is 326 g/mol. The van der Waals surface area contributed by atoms with Crippen LogP contribution in [-0.4, -0.2) is 47.9 Å². The molecule has 2 heterocycles. The molecule has 7 nitrogen and oxygen atoms in total. The minimum Gasteiger partial charge on any atom is -0.362 e. The summed E-state index contributed by atoms with van der Waals surface area (Å²) in [5, 5.41) is 11.2. The molecule has 0 aromatic carbocycles. The van der Waals surface area contributed by atoms with E-state index in [0.29, 0.717) is 6.54 Å². The first-order chi connectivity index (χ1) is 12.5. The second-order valence-corrected chi connectivity index (χ2v) is 6.51. The molecule has 2 aromatic heterocycles. The molecule has 0 fully saturated rings. The van der Waals surface area contributed by atoms with Gasteiger partial charge in [-0.25, -0.2) is 9.98 Å². The summed E-state index contributed by atoms with van der Waals surface area (Å²) in [7, 11) is 4.00. The fourth-order valence-corrected chi connectivity index (χ4v) is 2.80. The Hall–Kier alpha value is -2.57. The third kappa shape index (κ3) is 5.75. The lowest BCUT2D eigenvalue weighted by Crippen LogP contribution is -2.38. The van der Waals surface area contributed by atoms with E-state index >= 15 is 0 Å². The summed E-state index contributed by atoms with van der Waals surface area (Å²) in [5.74, 6) is 1.78. The Morgan fingerprint density at radius 1 is 1.27 bits per heavy atom. The molecule has 7 heteroatoms. The molecule has 0 saturated carbocycles. The average Bonchev–Trinajstić information content (AvgIpc) is 2.94. The van der Waals surface area contributed by atoms with Crippen LogP contribution < -0.4 is 15.5 Å². The smallest absolute Gasteiger partial charge is 0.191 e. The second-order valence-electron chi connectivity index (χ2n) is 6.51. The van der Waals surface area contributed by atoms with E-state index in [-0.39, 0.29) is 0 Å². The SMILES string of the molecule is CCNC(=NCc1cccnc1N(C)C)NCCCn1nc(C)cc1C. The number of hydrogen-bond donors (Lipinski definition) is 2. The Balaban J connectivity index is 1.89. The summed E-state index contributed by atoms with van der Waals surface area (Å²) >= 11 is 0. The van der Waals surface area contributed by atoms with Crippen molar-refractivity contribution >= 4 is 11.8 Å². The number of nitrogens with zero attached hydrogens (tertiary/aromatic N) is 5. The molecule has 2 rings (SSSR count). The lowest BCUT2D eigenvalue weighted by atomic mass is 10.2. The highest BCUT2D eigenvalue weighted by molar-refractivity contribution is 5.79. The topological polar surface area (TPSA) is 70.4 Å². The summed E-state index contributed by atoms with van der Waals surface area (Å²) in [6.45, 7) is 9.36.